The number of nitrogens with one attached hydrogen (secondary N) is 1. The van der Waals surface area contributed by atoms with Gasteiger partial charge in [-0.25, -0.2) is 0 Å². The van der Waals surface area contributed by atoms with E-state index in [1.807, 2.05) is 0 Å². The molecule has 0 saturated heterocycles. The molecule has 1 saturated carbocycles. The van der Waals surface area contributed by atoms with Gasteiger partial charge in [0.1, 0.15) is 0 Å². The molecule has 0 spiro atoms. The summed E-state index contributed by atoms with van der Waals surface area (Å²) in [6.45, 7) is 6.88. The summed E-state index contributed by atoms with van der Waals surface area (Å²) in [5, 5.41) is 3.56. The second kappa shape index (κ2) is 8.08. The summed E-state index contributed by atoms with van der Waals surface area (Å²) >= 11 is 0. The van der Waals surface area contributed by atoms with Gasteiger partial charge < -0.3 is 5.32 Å². The SMILES string of the molecule is CCCNCC(CC)N(C)C1CCCCC1. The van der Waals surface area contributed by atoms with Gasteiger partial charge in [-0.2, -0.15) is 0 Å². The monoisotopic (exact) mass is 226 g/mol. The Balaban J connectivity index is 2.31. The Labute approximate surface area is 102 Å². The minimum Gasteiger partial charge on any atom is -0.315 e. The number of hydrogen-bond donors (Lipinski definition) is 1. The molecule has 16 heavy (non-hydrogen) atoms. The minimum absolute atomic E-state index is 0.731. The second-order valence-electron chi connectivity index (χ2n) is 5.22. The largest absolute Gasteiger partial charge is 0.315 e. The van der Waals surface area contributed by atoms with Crippen molar-refractivity contribution in [3.8, 4) is 0 Å². The normalized spacial score (nSPS) is 20.2. The van der Waals surface area contributed by atoms with Gasteiger partial charge in [-0.3, -0.25) is 4.90 Å². The topological polar surface area (TPSA) is 15.3 Å². The minimum atomic E-state index is 0.731. The Morgan fingerprint density at radius 1 is 1.19 bits per heavy atom. The Morgan fingerprint density at radius 3 is 2.44 bits per heavy atom. The third-order valence-electron chi connectivity index (χ3n) is 4.00. The lowest BCUT2D eigenvalue weighted by Crippen LogP contribution is -2.46. The summed E-state index contributed by atoms with van der Waals surface area (Å²) in [6.07, 6.45) is 9.67. The first-order valence-electron chi connectivity index (χ1n) is 7.22. The number of rotatable bonds is 7. The van der Waals surface area contributed by atoms with E-state index in [-0.39, 0.29) is 0 Å². The molecule has 1 atom stereocenters. The maximum atomic E-state index is 3.56. The second-order valence-corrected chi connectivity index (χ2v) is 5.22. The standard InChI is InChI=1S/C14H30N2/c1-4-11-15-12-13(5-2)16(3)14-9-7-6-8-10-14/h13-15H,4-12H2,1-3H3. The molecular weight excluding hydrogens is 196 g/mol. The lowest BCUT2D eigenvalue weighted by Gasteiger charge is -2.37. The Kier molecular flexibility index (Phi) is 7.06. The average molecular weight is 226 g/mol. The third-order valence-corrected chi connectivity index (χ3v) is 4.00. The highest BCUT2D eigenvalue weighted by molar-refractivity contribution is 4.79. The van der Waals surface area contributed by atoms with Crippen molar-refractivity contribution in [2.75, 3.05) is 20.1 Å². The van der Waals surface area contributed by atoms with Crippen LogP contribution in [-0.4, -0.2) is 37.1 Å². The van der Waals surface area contributed by atoms with Gasteiger partial charge in [0.05, 0.1) is 0 Å². The molecule has 1 aliphatic carbocycles. The first-order valence-corrected chi connectivity index (χ1v) is 7.22. The zero-order chi connectivity index (χ0) is 11.8. The van der Waals surface area contributed by atoms with Crippen LogP contribution in [0.15, 0.2) is 0 Å². The van der Waals surface area contributed by atoms with Crippen LogP contribution in [-0.2, 0) is 0 Å². The van der Waals surface area contributed by atoms with Crippen molar-refractivity contribution in [2.24, 2.45) is 0 Å². The molecule has 0 radical (unpaired) electrons. The fraction of sp³-hybridized carbons (Fsp3) is 1.00. The van der Waals surface area contributed by atoms with E-state index in [1.165, 1.54) is 44.9 Å². The molecule has 1 N–H and O–H groups in total. The number of nitrogens with zero attached hydrogens (tertiary/aromatic N) is 1. The molecule has 1 aliphatic rings. The fourth-order valence-corrected chi connectivity index (χ4v) is 2.81. The van der Waals surface area contributed by atoms with E-state index in [1.54, 1.807) is 0 Å². The predicted octanol–water partition coefficient (Wildman–Crippen LogP) is 3.03. The number of hydrogen-bond acceptors (Lipinski definition) is 2. The lowest BCUT2D eigenvalue weighted by atomic mass is 9.93. The zero-order valence-electron chi connectivity index (χ0n) is 11.5. The smallest absolute Gasteiger partial charge is 0.0217 e. The molecule has 1 fully saturated rings. The average Bonchev–Trinajstić information content (AvgIpc) is 2.35. The van der Waals surface area contributed by atoms with Crippen molar-refractivity contribution < 1.29 is 0 Å². The van der Waals surface area contributed by atoms with Crippen LogP contribution in [0.3, 0.4) is 0 Å². The van der Waals surface area contributed by atoms with Crippen molar-refractivity contribution in [3.05, 3.63) is 0 Å². The molecular formula is C14H30N2. The predicted molar refractivity (Wildman–Crippen MR) is 71.9 cm³/mol. The molecule has 0 amide bonds. The van der Waals surface area contributed by atoms with Crippen LogP contribution in [0, 0.1) is 0 Å². The van der Waals surface area contributed by atoms with Crippen molar-refractivity contribution in [1.29, 1.82) is 0 Å². The van der Waals surface area contributed by atoms with E-state index in [0.29, 0.717) is 0 Å². The summed E-state index contributed by atoms with van der Waals surface area (Å²) in [5.74, 6) is 0. The van der Waals surface area contributed by atoms with Gasteiger partial charge in [0.2, 0.25) is 0 Å². The van der Waals surface area contributed by atoms with Gasteiger partial charge in [0.25, 0.3) is 0 Å². The van der Waals surface area contributed by atoms with E-state index < -0.39 is 0 Å². The van der Waals surface area contributed by atoms with Gasteiger partial charge in [0, 0.05) is 18.6 Å². The van der Waals surface area contributed by atoms with Gasteiger partial charge >= 0.3 is 0 Å². The van der Waals surface area contributed by atoms with Crippen molar-refractivity contribution in [1.82, 2.24) is 10.2 Å². The number of likely N-dealkylation sites (N-methyl/N-ethyl adjacent to an activating group) is 1. The molecule has 96 valence electrons. The van der Waals surface area contributed by atoms with Crippen LogP contribution < -0.4 is 5.32 Å². The van der Waals surface area contributed by atoms with Crippen LogP contribution in [0.25, 0.3) is 0 Å². The summed E-state index contributed by atoms with van der Waals surface area (Å²) in [7, 11) is 2.33. The third kappa shape index (κ3) is 4.42. The highest BCUT2D eigenvalue weighted by Crippen LogP contribution is 2.23. The van der Waals surface area contributed by atoms with Crippen LogP contribution in [0.1, 0.15) is 58.8 Å². The quantitative estimate of drug-likeness (QED) is 0.671. The molecule has 0 aromatic heterocycles. The maximum absolute atomic E-state index is 3.56. The van der Waals surface area contributed by atoms with E-state index in [4.69, 9.17) is 0 Å². The Bertz CT molecular complexity index is 164. The molecule has 2 heteroatoms. The van der Waals surface area contributed by atoms with Crippen LogP contribution in [0.2, 0.25) is 0 Å². The van der Waals surface area contributed by atoms with Crippen molar-refractivity contribution in [2.45, 2.75) is 70.9 Å². The van der Waals surface area contributed by atoms with Gasteiger partial charge in [-0.1, -0.05) is 33.1 Å². The Hall–Kier alpha value is -0.0800. The summed E-state index contributed by atoms with van der Waals surface area (Å²) in [5.41, 5.74) is 0. The maximum Gasteiger partial charge on any atom is 0.0217 e. The molecule has 0 aromatic rings. The van der Waals surface area contributed by atoms with E-state index >= 15 is 0 Å². The summed E-state index contributed by atoms with van der Waals surface area (Å²) < 4.78 is 0. The zero-order valence-corrected chi connectivity index (χ0v) is 11.5. The molecule has 0 aromatic carbocycles. The van der Waals surface area contributed by atoms with Crippen LogP contribution in [0.5, 0.6) is 0 Å². The first kappa shape index (κ1) is 14.0. The van der Waals surface area contributed by atoms with E-state index in [9.17, 15) is 0 Å². The van der Waals surface area contributed by atoms with E-state index in [2.05, 4.69) is 31.1 Å². The van der Waals surface area contributed by atoms with Crippen LogP contribution >= 0.6 is 0 Å². The van der Waals surface area contributed by atoms with E-state index in [0.717, 1.165) is 25.2 Å². The van der Waals surface area contributed by atoms with Crippen LogP contribution in [0.4, 0.5) is 0 Å². The van der Waals surface area contributed by atoms with Crippen molar-refractivity contribution in [3.63, 3.8) is 0 Å². The molecule has 2 nitrogen and oxygen atoms in total. The molecule has 0 bridgehead atoms. The van der Waals surface area contributed by atoms with Gasteiger partial charge in [-0.15, -0.1) is 0 Å². The molecule has 0 aliphatic heterocycles. The lowest BCUT2D eigenvalue weighted by molar-refractivity contribution is 0.132. The fourth-order valence-electron chi connectivity index (χ4n) is 2.81. The highest BCUT2D eigenvalue weighted by atomic mass is 15.2. The highest BCUT2D eigenvalue weighted by Gasteiger charge is 2.22. The molecule has 0 heterocycles. The molecule has 1 rings (SSSR count). The van der Waals surface area contributed by atoms with Gasteiger partial charge in [0.15, 0.2) is 0 Å². The summed E-state index contributed by atoms with van der Waals surface area (Å²) in [4.78, 5) is 2.64. The van der Waals surface area contributed by atoms with Gasteiger partial charge in [-0.05, 0) is 39.3 Å². The molecule has 1 unspecified atom stereocenters. The first-order chi connectivity index (χ1) is 7.79. The Morgan fingerprint density at radius 2 is 1.88 bits per heavy atom. The van der Waals surface area contributed by atoms with Crippen molar-refractivity contribution >= 4 is 0 Å². The summed E-state index contributed by atoms with van der Waals surface area (Å²) in [6, 6.07) is 1.58.